The molecule has 3 atom stereocenters. The van der Waals surface area contributed by atoms with E-state index >= 15 is 0 Å². The number of hydrogen-bond donors (Lipinski definition) is 2. The van der Waals surface area contributed by atoms with Gasteiger partial charge in [0.05, 0.1) is 6.10 Å². The first kappa shape index (κ1) is 17.7. The Bertz CT molecular complexity index is 646. The second-order valence-electron chi connectivity index (χ2n) is 6.75. The lowest BCUT2D eigenvalue weighted by atomic mass is 9.53. The molecule has 0 aliphatic heterocycles. The Labute approximate surface area is 137 Å². The Morgan fingerprint density at radius 3 is 2.43 bits per heavy atom. The zero-order valence-corrected chi connectivity index (χ0v) is 14.9. The van der Waals surface area contributed by atoms with Crippen LogP contribution < -0.4 is 10.9 Å². The minimum atomic E-state index is -0.325. The summed E-state index contributed by atoms with van der Waals surface area (Å²) in [5.41, 5.74) is 1.29. The molecule has 2 N–H and O–H groups in total. The largest absolute Gasteiger partial charge is 0.380 e. The van der Waals surface area contributed by atoms with Gasteiger partial charge in [-0.05, 0) is 38.3 Å². The van der Waals surface area contributed by atoms with Crippen LogP contribution in [0.2, 0.25) is 0 Å². The summed E-state index contributed by atoms with van der Waals surface area (Å²) in [5, 5.41) is 3.10. The maximum absolute atomic E-state index is 12.7. The van der Waals surface area contributed by atoms with Crippen molar-refractivity contribution in [3.05, 3.63) is 33.2 Å². The van der Waals surface area contributed by atoms with E-state index in [1.54, 1.807) is 14.0 Å². The van der Waals surface area contributed by atoms with Crippen molar-refractivity contribution in [2.24, 2.45) is 11.3 Å². The van der Waals surface area contributed by atoms with Crippen molar-refractivity contribution in [1.82, 2.24) is 10.3 Å². The van der Waals surface area contributed by atoms with Gasteiger partial charge in [-0.1, -0.05) is 20.8 Å². The SMILES string of the molecule is CCC1(CC)[C@H](NC(=O)c2c(C)cc(C)[nH]c2=O)[C@@H](C)[C@@H]1OC. The molecule has 0 spiro atoms. The molecule has 1 heterocycles. The molecule has 1 aromatic heterocycles. The molecule has 0 unspecified atom stereocenters. The van der Waals surface area contributed by atoms with Crippen LogP contribution >= 0.6 is 0 Å². The molecule has 1 aliphatic rings. The summed E-state index contributed by atoms with van der Waals surface area (Å²) in [6.07, 6.45) is 2.00. The minimum absolute atomic E-state index is 0.0232. The monoisotopic (exact) mass is 320 g/mol. The van der Waals surface area contributed by atoms with Crippen LogP contribution in [0.15, 0.2) is 10.9 Å². The van der Waals surface area contributed by atoms with Gasteiger partial charge in [0.25, 0.3) is 11.5 Å². The van der Waals surface area contributed by atoms with Crippen molar-refractivity contribution in [3.8, 4) is 0 Å². The van der Waals surface area contributed by atoms with Crippen molar-refractivity contribution >= 4 is 5.91 Å². The van der Waals surface area contributed by atoms with Crippen LogP contribution in [0.1, 0.15) is 55.2 Å². The molecule has 0 radical (unpaired) electrons. The number of rotatable bonds is 5. The fourth-order valence-corrected chi connectivity index (χ4v) is 4.45. The number of amides is 1. The lowest BCUT2D eigenvalue weighted by Crippen LogP contribution is -2.70. The highest BCUT2D eigenvalue weighted by Crippen LogP contribution is 2.52. The maximum Gasteiger partial charge on any atom is 0.261 e. The molecule has 2 rings (SSSR count). The first-order valence-electron chi connectivity index (χ1n) is 8.36. The Balaban J connectivity index is 2.29. The normalized spacial score (nSPS) is 25.7. The zero-order chi connectivity index (χ0) is 17.4. The number of nitrogens with one attached hydrogen (secondary N) is 2. The summed E-state index contributed by atoms with van der Waals surface area (Å²) in [6.45, 7) is 9.96. The molecule has 0 saturated heterocycles. The molecule has 1 aliphatic carbocycles. The summed E-state index contributed by atoms with van der Waals surface area (Å²) < 4.78 is 5.66. The second-order valence-corrected chi connectivity index (χ2v) is 6.75. The van der Waals surface area contributed by atoms with Gasteiger partial charge in [-0.25, -0.2) is 0 Å². The maximum atomic E-state index is 12.7. The first-order valence-corrected chi connectivity index (χ1v) is 8.36. The number of aromatic nitrogens is 1. The fraction of sp³-hybridized carbons (Fsp3) is 0.667. The Hall–Kier alpha value is -1.62. The third-order valence-electron chi connectivity index (χ3n) is 5.64. The van der Waals surface area contributed by atoms with E-state index in [4.69, 9.17) is 4.74 Å². The topological polar surface area (TPSA) is 71.2 Å². The van der Waals surface area contributed by atoms with E-state index in [2.05, 4.69) is 31.1 Å². The quantitative estimate of drug-likeness (QED) is 0.876. The van der Waals surface area contributed by atoms with Crippen molar-refractivity contribution in [2.45, 2.75) is 59.6 Å². The average molecular weight is 320 g/mol. The fourth-order valence-electron chi connectivity index (χ4n) is 4.45. The van der Waals surface area contributed by atoms with Crippen LogP contribution in [0.5, 0.6) is 0 Å². The van der Waals surface area contributed by atoms with Crippen LogP contribution in [0.25, 0.3) is 0 Å². The van der Waals surface area contributed by atoms with E-state index in [0.717, 1.165) is 18.5 Å². The van der Waals surface area contributed by atoms with E-state index in [-0.39, 0.29) is 40.5 Å². The number of aromatic amines is 1. The number of carbonyl (C=O) groups excluding carboxylic acids is 1. The molecule has 5 heteroatoms. The Kier molecular flexibility index (Phi) is 4.99. The lowest BCUT2D eigenvalue weighted by molar-refractivity contribution is -0.164. The van der Waals surface area contributed by atoms with Gasteiger partial charge < -0.3 is 15.0 Å². The van der Waals surface area contributed by atoms with Crippen LogP contribution in [-0.4, -0.2) is 30.1 Å². The van der Waals surface area contributed by atoms with Gasteiger partial charge in [0.1, 0.15) is 5.56 Å². The van der Waals surface area contributed by atoms with Gasteiger partial charge in [-0.15, -0.1) is 0 Å². The number of aryl methyl sites for hydroxylation is 2. The summed E-state index contributed by atoms with van der Waals surface area (Å²) in [4.78, 5) is 27.5. The van der Waals surface area contributed by atoms with Gasteiger partial charge in [-0.2, -0.15) is 0 Å². The molecule has 23 heavy (non-hydrogen) atoms. The van der Waals surface area contributed by atoms with E-state index in [1.165, 1.54) is 0 Å². The summed E-state index contributed by atoms with van der Waals surface area (Å²) in [5.74, 6) is -0.0601. The predicted molar refractivity (Wildman–Crippen MR) is 90.8 cm³/mol. The molecular formula is C18H28N2O3. The van der Waals surface area contributed by atoms with Gasteiger partial charge in [0.15, 0.2) is 0 Å². The highest BCUT2D eigenvalue weighted by Gasteiger charge is 2.59. The van der Waals surface area contributed by atoms with Crippen LogP contribution in [0, 0.1) is 25.2 Å². The number of carbonyl (C=O) groups is 1. The average Bonchev–Trinajstić information content (AvgIpc) is 2.48. The number of ether oxygens (including phenoxy) is 1. The molecule has 128 valence electrons. The summed E-state index contributed by atoms with van der Waals surface area (Å²) in [6, 6.07) is 1.85. The minimum Gasteiger partial charge on any atom is -0.380 e. The van der Waals surface area contributed by atoms with Crippen molar-refractivity contribution in [2.75, 3.05) is 7.11 Å². The van der Waals surface area contributed by atoms with Gasteiger partial charge in [0.2, 0.25) is 0 Å². The zero-order valence-electron chi connectivity index (χ0n) is 14.9. The van der Waals surface area contributed by atoms with Crippen LogP contribution in [0.3, 0.4) is 0 Å². The third-order valence-corrected chi connectivity index (χ3v) is 5.64. The molecule has 1 saturated carbocycles. The van der Waals surface area contributed by atoms with E-state index in [1.807, 2.05) is 13.0 Å². The Morgan fingerprint density at radius 2 is 1.96 bits per heavy atom. The molecule has 1 fully saturated rings. The molecule has 1 amide bonds. The summed E-state index contributed by atoms with van der Waals surface area (Å²) >= 11 is 0. The number of H-pyrrole nitrogens is 1. The van der Waals surface area contributed by atoms with E-state index in [0.29, 0.717) is 5.56 Å². The molecular weight excluding hydrogens is 292 g/mol. The molecule has 5 nitrogen and oxygen atoms in total. The highest BCUT2D eigenvalue weighted by molar-refractivity contribution is 5.95. The predicted octanol–water partition coefficient (Wildman–Crippen LogP) is 2.56. The Morgan fingerprint density at radius 1 is 1.35 bits per heavy atom. The third kappa shape index (κ3) is 2.71. The van der Waals surface area contributed by atoms with E-state index < -0.39 is 0 Å². The van der Waals surface area contributed by atoms with E-state index in [9.17, 15) is 9.59 Å². The number of pyridine rings is 1. The first-order chi connectivity index (χ1) is 10.8. The molecule has 0 aromatic carbocycles. The molecule has 1 aromatic rings. The van der Waals surface area contributed by atoms with Crippen molar-refractivity contribution < 1.29 is 9.53 Å². The molecule has 0 bridgehead atoms. The number of hydrogen-bond acceptors (Lipinski definition) is 3. The standard InChI is InChI=1S/C18H28N2O3/c1-7-18(8-2)14(12(5)15(18)23-6)20-17(22)13-10(3)9-11(4)19-16(13)21/h9,12,14-15H,7-8H2,1-6H3,(H,19,21)(H,20,22)/t12-,14-,15+/m1/s1. The van der Waals surface area contributed by atoms with Gasteiger partial charge in [-0.3, -0.25) is 9.59 Å². The lowest BCUT2D eigenvalue weighted by Gasteiger charge is -2.59. The summed E-state index contributed by atoms with van der Waals surface area (Å²) in [7, 11) is 1.73. The van der Waals surface area contributed by atoms with Crippen molar-refractivity contribution in [3.63, 3.8) is 0 Å². The van der Waals surface area contributed by atoms with Gasteiger partial charge >= 0.3 is 0 Å². The smallest absolute Gasteiger partial charge is 0.261 e. The van der Waals surface area contributed by atoms with Crippen LogP contribution in [-0.2, 0) is 4.74 Å². The van der Waals surface area contributed by atoms with Crippen LogP contribution in [0.4, 0.5) is 0 Å². The second kappa shape index (κ2) is 6.48. The van der Waals surface area contributed by atoms with Crippen molar-refractivity contribution in [1.29, 1.82) is 0 Å². The highest BCUT2D eigenvalue weighted by atomic mass is 16.5. The number of methoxy groups -OCH3 is 1. The van der Waals surface area contributed by atoms with Gasteiger partial charge in [0, 0.05) is 30.2 Å².